The fourth-order valence-corrected chi connectivity index (χ4v) is 4.98. The molecule has 1 aliphatic carbocycles. The summed E-state index contributed by atoms with van der Waals surface area (Å²) in [5, 5.41) is 3.08. The van der Waals surface area contributed by atoms with Crippen LogP contribution in [0.5, 0.6) is 0 Å². The van der Waals surface area contributed by atoms with Crippen molar-refractivity contribution < 1.29 is 9.59 Å². The van der Waals surface area contributed by atoms with Crippen LogP contribution in [0.4, 0.5) is 11.4 Å². The molecule has 1 aromatic rings. The Hall–Kier alpha value is -2.34. The van der Waals surface area contributed by atoms with E-state index in [2.05, 4.69) is 47.4 Å². The van der Waals surface area contributed by atoms with Gasteiger partial charge in [0.15, 0.2) is 0 Å². The number of hydrogen-bond donors (Lipinski definition) is 1. The lowest BCUT2D eigenvalue weighted by Crippen LogP contribution is -2.42. The van der Waals surface area contributed by atoms with Crippen molar-refractivity contribution in [2.24, 2.45) is 5.92 Å². The molecule has 2 heterocycles. The summed E-state index contributed by atoms with van der Waals surface area (Å²) in [6, 6.07) is 8.82. The number of hydrogen-bond acceptors (Lipinski definition) is 4. The third kappa shape index (κ3) is 5.29. The third-order valence-electron chi connectivity index (χ3n) is 7.11. The fourth-order valence-electron chi connectivity index (χ4n) is 4.98. The Labute approximate surface area is 186 Å². The molecule has 0 spiro atoms. The highest BCUT2D eigenvalue weighted by Crippen LogP contribution is 2.26. The van der Waals surface area contributed by atoms with Gasteiger partial charge in [-0.3, -0.25) is 9.59 Å². The van der Waals surface area contributed by atoms with Gasteiger partial charge in [0, 0.05) is 55.1 Å². The van der Waals surface area contributed by atoms with Gasteiger partial charge in [-0.05, 0) is 83.3 Å². The third-order valence-corrected chi connectivity index (χ3v) is 7.11. The molecule has 2 fully saturated rings. The number of nitrogens with one attached hydrogen (secondary N) is 1. The molecule has 0 aromatic heterocycles. The van der Waals surface area contributed by atoms with E-state index in [1.165, 1.54) is 18.5 Å². The van der Waals surface area contributed by atoms with Gasteiger partial charge in [-0.1, -0.05) is 6.08 Å². The second kappa shape index (κ2) is 9.86. The molecule has 3 aliphatic rings. The van der Waals surface area contributed by atoms with Gasteiger partial charge >= 0.3 is 0 Å². The Morgan fingerprint density at radius 2 is 1.74 bits per heavy atom. The summed E-state index contributed by atoms with van der Waals surface area (Å²) in [7, 11) is 4.28. The highest BCUT2D eigenvalue weighted by atomic mass is 16.2. The minimum Gasteiger partial charge on any atom is -0.370 e. The van der Waals surface area contributed by atoms with Crippen LogP contribution in [0.1, 0.15) is 44.9 Å². The number of benzene rings is 1. The van der Waals surface area contributed by atoms with Crippen LogP contribution in [-0.4, -0.2) is 67.9 Å². The first kappa shape index (κ1) is 21.9. The molecule has 168 valence electrons. The van der Waals surface area contributed by atoms with Crippen LogP contribution in [-0.2, 0) is 9.59 Å². The number of piperidine rings is 1. The largest absolute Gasteiger partial charge is 0.370 e. The molecule has 0 saturated carbocycles. The van der Waals surface area contributed by atoms with E-state index in [1.54, 1.807) is 0 Å². The van der Waals surface area contributed by atoms with Crippen molar-refractivity contribution in [1.29, 1.82) is 0 Å². The fraction of sp³-hybridized carbons (Fsp3) is 0.600. The monoisotopic (exact) mass is 424 g/mol. The standard InChI is InChI=1S/C25H36N4O2/c1-27(2)23-14-17-29(18-23)22-10-8-21(9-11-22)26-24(30)19-12-15-28(16-13-19)25(31)20-6-4-3-5-7-20/h6,8-11,19,23H,3-5,7,12-18H2,1-2H3,(H,26,30). The summed E-state index contributed by atoms with van der Waals surface area (Å²) in [5.74, 6) is 0.238. The lowest BCUT2D eigenvalue weighted by Gasteiger charge is -2.32. The number of carbonyl (C=O) groups excluding carboxylic acids is 2. The smallest absolute Gasteiger partial charge is 0.249 e. The average Bonchev–Trinajstić information content (AvgIpc) is 3.30. The number of anilines is 2. The number of likely N-dealkylation sites (N-methyl/N-ethyl adjacent to an activating group) is 1. The van der Waals surface area contributed by atoms with Gasteiger partial charge in [-0.2, -0.15) is 0 Å². The first-order valence-electron chi connectivity index (χ1n) is 11.8. The van der Waals surface area contributed by atoms with E-state index < -0.39 is 0 Å². The number of nitrogens with zero attached hydrogens (tertiary/aromatic N) is 3. The molecule has 2 amide bonds. The van der Waals surface area contributed by atoms with Gasteiger partial charge in [-0.25, -0.2) is 0 Å². The van der Waals surface area contributed by atoms with E-state index in [9.17, 15) is 9.59 Å². The summed E-state index contributed by atoms with van der Waals surface area (Å²) in [5.41, 5.74) is 3.04. The summed E-state index contributed by atoms with van der Waals surface area (Å²) >= 11 is 0. The first-order chi connectivity index (χ1) is 15.0. The Morgan fingerprint density at radius 1 is 1.00 bits per heavy atom. The summed E-state index contributed by atoms with van der Waals surface area (Å²) < 4.78 is 0. The van der Waals surface area contributed by atoms with E-state index in [-0.39, 0.29) is 17.7 Å². The zero-order valence-corrected chi connectivity index (χ0v) is 19.0. The molecule has 4 rings (SSSR count). The van der Waals surface area contributed by atoms with Crippen molar-refractivity contribution in [3.63, 3.8) is 0 Å². The number of allylic oxidation sites excluding steroid dienone is 1. The van der Waals surface area contributed by atoms with Crippen LogP contribution < -0.4 is 10.2 Å². The second-order valence-corrected chi connectivity index (χ2v) is 9.43. The van der Waals surface area contributed by atoms with Crippen molar-refractivity contribution in [3.8, 4) is 0 Å². The molecule has 6 nitrogen and oxygen atoms in total. The lowest BCUT2D eigenvalue weighted by atomic mass is 9.93. The summed E-state index contributed by atoms with van der Waals surface area (Å²) in [6.07, 6.45) is 9.00. The lowest BCUT2D eigenvalue weighted by molar-refractivity contribution is -0.131. The summed E-state index contributed by atoms with van der Waals surface area (Å²) in [6.45, 7) is 3.47. The minimum atomic E-state index is -0.0245. The zero-order chi connectivity index (χ0) is 21.8. The summed E-state index contributed by atoms with van der Waals surface area (Å²) in [4.78, 5) is 32.1. The van der Waals surface area contributed by atoms with E-state index in [0.29, 0.717) is 19.1 Å². The van der Waals surface area contributed by atoms with E-state index >= 15 is 0 Å². The second-order valence-electron chi connectivity index (χ2n) is 9.43. The zero-order valence-electron chi connectivity index (χ0n) is 19.0. The van der Waals surface area contributed by atoms with Gasteiger partial charge in [0.05, 0.1) is 0 Å². The maximum absolute atomic E-state index is 12.8. The molecule has 1 unspecified atom stereocenters. The maximum Gasteiger partial charge on any atom is 0.249 e. The van der Waals surface area contributed by atoms with E-state index in [4.69, 9.17) is 0 Å². The molecule has 2 aliphatic heterocycles. The molecule has 1 N–H and O–H groups in total. The van der Waals surface area contributed by atoms with Gasteiger partial charge in [0.25, 0.3) is 0 Å². The van der Waals surface area contributed by atoms with E-state index in [1.807, 2.05) is 17.0 Å². The minimum absolute atomic E-state index is 0.0245. The Balaban J connectivity index is 1.25. The predicted molar refractivity (Wildman–Crippen MR) is 125 cm³/mol. The van der Waals surface area contributed by atoms with Crippen LogP contribution >= 0.6 is 0 Å². The number of amides is 2. The number of rotatable bonds is 5. The predicted octanol–water partition coefficient (Wildman–Crippen LogP) is 3.50. The molecule has 1 aromatic carbocycles. The van der Waals surface area contributed by atoms with Crippen molar-refractivity contribution >= 4 is 23.2 Å². The van der Waals surface area contributed by atoms with E-state index in [0.717, 1.165) is 56.5 Å². The van der Waals surface area contributed by atoms with Crippen molar-refractivity contribution in [3.05, 3.63) is 35.9 Å². The topological polar surface area (TPSA) is 55.9 Å². The molecule has 0 radical (unpaired) electrons. The highest BCUT2D eigenvalue weighted by molar-refractivity contribution is 5.95. The number of likely N-dealkylation sites (tertiary alicyclic amines) is 1. The Morgan fingerprint density at radius 3 is 2.35 bits per heavy atom. The molecule has 6 heteroatoms. The molecular weight excluding hydrogens is 388 g/mol. The van der Waals surface area contributed by atoms with Crippen LogP contribution in [0, 0.1) is 5.92 Å². The quantitative estimate of drug-likeness (QED) is 0.786. The van der Waals surface area contributed by atoms with Gasteiger partial charge in [0.1, 0.15) is 0 Å². The molecule has 31 heavy (non-hydrogen) atoms. The molecule has 2 saturated heterocycles. The van der Waals surface area contributed by atoms with Gasteiger partial charge in [0.2, 0.25) is 11.8 Å². The van der Waals surface area contributed by atoms with Gasteiger partial charge in [-0.15, -0.1) is 0 Å². The molecular formula is C25H36N4O2. The SMILES string of the molecule is CN(C)C1CCN(c2ccc(NC(=O)C3CCN(C(=O)C4=CCCCC4)CC3)cc2)C1. The van der Waals surface area contributed by atoms with Crippen molar-refractivity contribution in [2.45, 2.75) is 51.0 Å². The van der Waals surface area contributed by atoms with Crippen LogP contribution in [0.15, 0.2) is 35.9 Å². The Bertz CT molecular complexity index is 809. The normalized spacial score (nSPS) is 22.5. The average molecular weight is 425 g/mol. The van der Waals surface area contributed by atoms with Crippen LogP contribution in [0.25, 0.3) is 0 Å². The van der Waals surface area contributed by atoms with Crippen LogP contribution in [0.2, 0.25) is 0 Å². The van der Waals surface area contributed by atoms with Crippen molar-refractivity contribution in [2.75, 3.05) is 50.5 Å². The van der Waals surface area contributed by atoms with Crippen molar-refractivity contribution in [1.82, 2.24) is 9.80 Å². The molecule has 1 atom stereocenters. The van der Waals surface area contributed by atoms with Crippen LogP contribution in [0.3, 0.4) is 0 Å². The molecule has 0 bridgehead atoms. The first-order valence-corrected chi connectivity index (χ1v) is 11.8. The number of carbonyl (C=O) groups is 2. The highest BCUT2D eigenvalue weighted by Gasteiger charge is 2.29. The van der Waals surface area contributed by atoms with Gasteiger partial charge < -0.3 is 20.0 Å². The Kier molecular flexibility index (Phi) is 6.96. The maximum atomic E-state index is 12.8.